The van der Waals surface area contributed by atoms with E-state index >= 15 is 0 Å². The van der Waals surface area contributed by atoms with Crippen molar-refractivity contribution < 1.29 is 13.2 Å². The maximum atomic E-state index is 12.7. The zero-order chi connectivity index (χ0) is 25.8. The van der Waals surface area contributed by atoms with Crippen molar-refractivity contribution in [2.45, 2.75) is 24.4 Å². The summed E-state index contributed by atoms with van der Waals surface area (Å²) in [5.41, 5.74) is 5.49. The van der Waals surface area contributed by atoms with Gasteiger partial charge in [-0.3, -0.25) is 14.4 Å². The second-order valence-electron chi connectivity index (χ2n) is 9.02. The second-order valence-corrected chi connectivity index (χ2v) is 11.6. The summed E-state index contributed by atoms with van der Waals surface area (Å²) in [6.45, 7) is 2.78. The number of nitrogens with one attached hydrogen (secondary N) is 2. The first kappa shape index (κ1) is 25.2. The van der Waals surface area contributed by atoms with Crippen LogP contribution < -0.4 is 10.0 Å². The second kappa shape index (κ2) is 10.9. The van der Waals surface area contributed by atoms with Gasteiger partial charge in [0.25, 0.3) is 15.9 Å². The molecule has 0 spiro atoms. The highest BCUT2D eigenvalue weighted by Gasteiger charge is 2.17. The molecule has 0 fully saturated rings. The van der Waals surface area contributed by atoms with Crippen molar-refractivity contribution >= 4 is 43.2 Å². The van der Waals surface area contributed by atoms with Crippen molar-refractivity contribution in [1.82, 2.24) is 4.90 Å². The molecule has 0 aliphatic carbocycles. The van der Waals surface area contributed by atoms with Crippen molar-refractivity contribution in [3.8, 4) is 0 Å². The third-order valence-electron chi connectivity index (χ3n) is 6.35. The number of benzene rings is 4. The van der Waals surface area contributed by atoms with Crippen LogP contribution in [0.1, 0.15) is 27.0 Å². The summed E-state index contributed by atoms with van der Waals surface area (Å²) in [4.78, 5) is 15.3. The van der Waals surface area contributed by atoms with E-state index in [2.05, 4.69) is 55.1 Å². The summed E-state index contributed by atoms with van der Waals surface area (Å²) >= 11 is 3.33. The molecule has 5 rings (SSSR count). The smallest absolute Gasteiger partial charge is 0.261 e. The molecule has 4 aromatic carbocycles. The van der Waals surface area contributed by atoms with Gasteiger partial charge in [-0.15, -0.1) is 0 Å². The minimum atomic E-state index is -3.74. The molecule has 0 bridgehead atoms. The maximum Gasteiger partial charge on any atom is 0.261 e. The van der Waals surface area contributed by atoms with Gasteiger partial charge in [-0.05, 0) is 83.8 Å². The number of sulfonamides is 1. The Labute approximate surface area is 225 Å². The van der Waals surface area contributed by atoms with Gasteiger partial charge in [0, 0.05) is 41.0 Å². The molecule has 0 aromatic heterocycles. The molecule has 0 saturated carbocycles. The third-order valence-corrected chi connectivity index (χ3v) is 8.28. The lowest BCUT2D eigenvalue weighted by atomic mass is 9.99. The summed E-state index contributed by atoms with van der Waals surface area (Å²) in [6, 6.07) is 29.2. The minimum Gasteiger partial charge on any atom is -0.322 e. The molecule has 2 N–H and O–H groups in total. The van der Waals surface area contributed by atoms with Crippen LogP contribution in [-0.4, -0.2) is 25.8 Å². The molecule has 1 aliphatic heterocycles. The van der Waals surface area contributed by atoms with Crippen LogP contribution in [-0.2, 0) is 29.5 Å². The van der Waals surface area contributed by atoms with Crippen LogP contribution in [0.4, 0.5) is 11.4 Å². The highest BCUT2D eigenvalue weighted by Crippen LogP contribution is 2.22. The molecule has 1 aliphatic rings. The third kappa shape index (κ3) is 6.28. The van der Waals surface area contributed by atoms with E-state index in [1.807, 2.05) is 24.3 Å². The van der Waals surface area contributed by atoms with Crippen LogP contribution in [0.25, 0.3) is 0 Å². The average molecular weight is 577 g/mol. The molecule has 1 amide bonds. The van der Waals surface area contributed by atoms with Gasteiger partial charge in [0.2, 0.25) is 0 Å². The molecule has 0 radical (unpaired) electrons. The van der Waals surface area contributed by atoms with Crippen LogP contribution >= 0.6 is 15.9 Å². The largest absolute Gasteiger partial charge is 0.322 e. The fourth-order valence-corrected chi connectivity index (χ4v) is 5.68. The first-order valence-electron chi connectivity index (χ1n) is 11.9. The number of hydrogen-bond donors (Lipinski definition) is 2. The Morgan fingerprint density at radius 1 is 0.811 bits per heavy atom. The van der Waals surface area contributed by atoms with Crippen molar-refractivity contribution in [1.29, 1.82) is 0 Å². The number of anilines is 2. The monoisotopic (exact) mass is 575 g/mol. The van der Waals surface area contributed by atoms with Gasteiger partial charge in [0.15, 0.2) is 0 Å². The number of halogens is 1. The normalized spacial score (nSPS) is 13.5. The zero-order valence-electron chi connectivity index (χ0n) is 20.0. The van der Waals surface area contributed by atoms with Gasteiger partial charge in [-0.1, -0.05) is 52.3 Å². The maximum absolute atomic E-state index is 12.7. The first-order valence-corrected chi connectivity index (χ1v) is 14.2. The number of fused-ring (bicyclic) bond motifs is 1. The fourth-order valence-electron chi connectivity index (χ4n) is 4.36. The topological polar surface area (TPSA) is 78.5 Å². The Morgan fingerprint density at radius 3 is 2.16 bits per heavy atom. The highest BCUT2D eigenvalue weighted by molar-refractivity contribution is 9.10. The molecule has 6 nitrogen and oxygen atoms in total. The summed E-state index contributed by atoms with van der Waals surface area (Å²) in [7, 11) is -3.74. The van der Waals surface area contributed by atoms with Gasteiger partial charge in [-0.2, -0.15) is 0 Å². The quantitative estimate of drug-likeness (QED) is 0.281. The molecule has 188 valence electrons. The van der Waals surface area contributed by atoms with Crippen molar-refractivity contribution in [2.24, 2.45) is 0 Å². The number of carbonyl (C=O) groups excluding carboxylic acids is 1. The summed E-state index contributed by atoms with van der Waals surface area (Å²) in [5.74, 6) is -0.248. The zero-order valence-corrected chi connectivity index (χ0v) is 22.4. The number of nitrogens with zero attached hydrogens (tertiary/aromatic N) is 1. The van der Waals surface area contributed by atoms with E-state index in [1.54, 1.807) is 36.4 Å². The van der Waals surface area contributed by atoms with E-state index in [0.29, 0.717) is 16.9 Å². The molecular formula is C29H26BrN3O3S. The molecule has 1 heterocycles. The Bertz CT molecular complexity index is 1500. The predicted molar refractivity (Wildman–Crippen MR) is 150 cm³/mol. The fraction of sp³-hybridized carbons (Fsp3) is 0.138. The van der Waals surface area contributed by atoms with E-state index in [0.717, 1.165) is 36.1 Å². The van der Waals surface area contributed by atoms with E-state index in [-0.39, 0.29) is 10.8 Å². The van der Waals surface area contributed by atoms with Crippen LogP contribution in [0, 0.1) is 0 Å². The molecule has 0 unspecified atom stereocenters. The molecular weight excluding hydrogens is 550 g/mol. The molecule has 8 heteroatoms. The van der Waals surface area contributed by atoms with Gasteiger partial charge in [0.05, 0.1) is 4.90 Å². The van der Waals surface area contributed by atoms with E-state index in [9.17, 15) is 13.2 Å². The number of amides is 1. The number of rotatable bonds is 7. The van der Waals surface area contributed by atoms with E-state index in [4.69, 9.17) is 0 Å². The Kier molecular flexibility index (Phi) is 7.41. The summed E-state index contributed by atoms with van der Waals surface area (Å²) in [5, 5.41) is 2.83. The number of hydrogen-bond acceptors (Lipinski definition) is 4. The van der Waals surface area contributed by atoms with Crippen molar-refractivity contribution in [2.75, 3.05) is 16.6 Å². The molecule has 4 aromatic rings. The first-order chi connectivity index (χ1) is 17.9. The van der Waals surface area contributed by atoms with Crippen molar-refractivity contribution in [3.05, 3.63) is 124 Å². The van der Waals surface area contributed by atoms with Gasteiger partial charge in [0.1, 0.15) is 0 Å². The lowest BCUT2D eigenvalue weighted by Gasteiger charge is -2.28. The standard InChI is InChI=1S/C29H26BrN3O3S/c30-25-9-11-27(12-10-25)32-37(35,36)28-15-13-26(14-16-28)31-29(34)23-7-5-21(6-8-23)19-33-18-17-22-3-1-2-4-24(22)20-33/h1-16,32H,17-20H2,(H,31,34). The van der Waals surface area contributed by atoms with Crippen LogP contribution in [0.2, 0.25) is 0 Å². The minimum absolute atomic E-state index is 0.109. The lowest BCUT2D eigenvalue weighted by Crippen LogP contribution is -2.29. The lowest BCUT2D eigenvalue weighted by molar-refractivity contribution is 0.102. The molecule has 0 saturated heterocycles. The van der Waals surface area contributed by atoms with E-state index < -0.39 is 10.0 Å². The molecule has 0 atom stereocenters. The van der Waals surface area contributed by atoms with Crippen LogP contribution in [0.15, 0.2) is 106 Å². The average Bonchev–Trinajstić information content (AvgIpc) is 2.90. The van der Waals surface area contributed by atoms with Gasteiger partial charge < -0.3 is 5.32 Å². The molecule has 37 heavy (non-hydrogen) atoms. The number of carbonyl (C=O) groups is 1. The van der Waals surface area contributed by atoms with Crippen LogP contribution in [0.5, 0.6) is 0 Å². The summed E-state index contributed by atoms with van der Waals surface area (Å²) < 4.78 is 28.7. The Hall–Kier alpha value is -3.46. The van der Waals surface area contributed by atoms with Crippen LogP contribution in [0.3, 0.4) is 0 Å². The Morgan fingerprint density at radius 2 is 1.46 bits per heavy atom. The Balaban J connectivity index is 1.18. The SMILES string of the molecule is O=C(Nc1ccc(S(=O)(=O)Nc2ccc(Br)cc2)cc1)c1ccc(CN2CCc3ccccc3C2)cc1. The van der Waals surface area contributed by atoms with Gasteiger partial charge in [-0.25, -0.2) is 8.42 Å². The summed E-state index contributed by atoms with van der Waals surface area (Å²) in [6.07, 6.45) is 1.05. The predicted octanol–water partition coefficient (Wildman–Crippen LogP) is 6.06. The van der Waals surface area contributed by atoms with E-state index in [1.165, 1.54) is 23.3 Å². The highest BCUT2D eigenvalue weighted by atomic mass is 79.9. The van der Waals surface area contributed by atoms with Crippen molar-refractivity contribution in [3.63, 3.8) is 0 Å². The van der Waals surface area contributed by atoms with Gasteiger partial charge >= 0.3 is 0 Å².